The first kappa shape index (κ1) is 13.8. The van der Waals surface area contributed by atoms with Crippen LogP contribution >= 0.6 is 33.9 Å². The molecule has 0 N–H and O–H groups in total. The molecule has 0 bridgehead atoms. The molecule has 0 spiro atoms. The highest BCUT2D eigenvalue weighted by atomic mass is 127. The number of piperazine rings is 1. The number of anilines is 1. The predicted molar refractivity (Wildman–Crippen MR) is 89.4 cm³/mol. The molecule has 0 unspecified atom stereocenters. The van der Waals surface area contributed by atoms with Crippen molar-refractivity contribution in [1.82, 2.24) is 9.88 Å². The van der Waals surface area contributed by atoms with Crippen molar-refractivity contribution in [1.29, 1.82) is 0 Å². The maximum Gasteiger partial charge on any atom is 0.254 e. The zero-order valence-electron chi connectivity index (χ0n) is 10.8. The minimum absolute atomic E-state index is 0.127. The first-order chi connectivity index (χ1) is 9.74. The number of hydrogen-bond donors (Lipinski definition) is 0. The SMILES string of the molecule is O=C(c1cccc(I)c1)N1CCN(c2nccs2)CC1. The Balaban J connectivity index is 1.65. The fourth-order valence-electron chi connectivity index (χ4n) is 2.28. The minimum atomic E-state index is 0.127. The van der Waals surface area contributed by atoms with Gasteiger partial charge in [-0.25, -0.2) is 4.98 Å². The molecule has 1 aromatic heterocycles. The Bertz CT molecular complexity index is 594. The normalized spacial score (nSPS) is 15.4. The van der Waals surface area contributed by atoms with Crippen molar-refractivity contribution < 1.29 is 4.79 Å². The number of aromatic nitrogens is 1. The lowest BCUT2D eigenvalue weighted by Crippen LogP contribution is -2.48. The number of carbonyl (C=O) groups excluding carboxylic acids is 1. The van der Waals surface area contributed by atoms with Crippen LogP contribution < -0.4 is 4.90 Å². The van der Waals surface area contributed by atoms with E-state index in [1.54, 1.807) is 11.3 Å². The standard InChI is InChI=1S/C14H14IN3OS/c15-12-3-1-2-11(10-12)13(19)17-5-7-18(8-6-17)14-16-4-9-20-14/h1-4,9-10H,5-8H2. The Kier molecular flexibility index (Phi) is 4.21. The molecule has 0 radical (unpaired) electrons. The van der Waals surface area contributed by atoms with E-state index < -0.39 is 0 Å². The molecule has 1 fully saturated rings. The van der Waals surface area contributed by atoms with Gasteiger partial charge in [0.05, 0.1) is 0 Å². The van der Waals surface area contributed by atoms with E-state index in [2.05, 4.69) is 32.5 Å². The number of benzene rings is 1. The Morgan fingerprint density at radius 3 is 2.70 bits per heavy atom. The largest absolute Gasteiger partial charge is 0.345 e. The van der Waals surface area contributed by atoms with Gasteiger partial charge in [0.15, 0.2) is 5.13 Å². The molecular formula is C14H14IN3OS. The van der Waals surface area contributed by atoms with E-state index in [0.717, 1.165) is 40.4 Å². The average Bonchev–Trinajstić information content (AvgIpc) is 3.01. The fraction of sp³-hybridized carbons (Fsp3) is 0.286. The fourth-order valence-corrected chi connectivity index (χ4v) is 3.52. The molecule has 3 rings (SSSR count). The van der Waals surface area contributed by atoms with E-state index in [-0.39, 0.29) is 5.91 Å². The van der Waals surface area contributed by atoms with Crippen LogP contribution in [0.1, 0.15) is 10.4 Å². The van der Waals surface area contributed by atoms with E-state index in [1.165, 1.54) is 0 Å². The number of hydrogen-bond acceptors (Lipinski definition) is 4. The van der Waals surface area contributed by atoms with Crippen molar-refractivity contribution in [2.24, 2.45) is 0 Å². The van der Waals surface area contributed by atoms with Crippen LogP contribution in [0.25, 0.3) is 0 Å². The Morgan fingerprint density at radius 2 is 2.05 bits per heavy atom. The van der Waals surface area contributed by atoms with Gasteiger partial charge >= 0.3 is 0 Å². The van der Waals surface area contributed by atoms with Crippen LogP contribution in [0.2, 0.25) is 0 Å². The molecule has 1 aromatic carbocycles. The minimum Gasteiger partial charge on any atom is -0.345 e. The van der Waals surface area contributed by atoms with Gasteiger partial charge in [-0.1, -0.05) is 6.07 Å². The number of rotatable bonds is 2. The molecule has 4 nitrogen and oxygen atoms in total. The van der Waals surface area contributed by atoms with Gasteiger partial charge < -0.3 is 9.80 Å². The van der Waals surface area contributed by atoms with Gasteiger partial charge in [-0.05, 0) is 40.8 Å². The highest BCUT2D eigenvalue weighted by Crippen LogP contribution is 2.20. The summed E-state index contributed by atoms with van der Waals surface area (Å²) >= 11 is 3.88. The third-order valence-corrected chi connectivity index (χ3v) is 4.83. The summed E-state index contributed by atoms with van der Waals surface area (Å²) in [6.07, 6.45) is 1.82. The van der Waals surface area contributed by atoms with Crippen LogP contribution in [0, 0.1) is 3.57 Å². The van der Waals surface area contributed by atoms with Crippen LogP contribution in [0.3, 0.4) is 0 Å². The summed E-state index contributed by atoms with van der Waals surface area (Å²) in [5, 5.41) is 3.03. The number of nitrogens with zero attached hydrogens (tertiary/aromatic N) is 3. The molecular weight excluding hydrogens is 385 g/mol. The maximum absolute atomic E-state index is 12.4. The molecule has 20 heavy (non-hydrogen) atoms. The second-order valence-corrected chi connectivity index (χ2v) is 6.72. The zero-order valence-corrected chi connectivity index (χ0v) is 13.8. The van der Waals surface area contributed by atoms with Gasteiger partial charge in [-0.2, -0.15) is 0 Å². The van der Waals surface area contributed by atoms with E-state index in [9.17, 15) is 4.79 Å². The Morgan fingerprint density at radius 1 is 1.25 bits per heavy atom. The molecule has 1 amide bonds. The topological polar surface area (TPSA) is 36.4 Å². The third kappa shape index (κ3) is 2.95. The molecule has 0 saturated carbocycles. The molecule has 0 aliphatic carbocycles. The smallest absolute Gasteiger partial charge is 0.254 e. The van der Waals surface area contributed by atoms with Gasteiger partial charge in [0.25, 0.3) is 5.91 Å². The maximum atomic E-state index is 12.4. The zero-order chi connectivity index (χ0) is 13.9. The van der Waals surface area contributed by atoms with Crippen LogP contribution in [0.5, 0.6) is 0 Å². The number of carbonyl (C=O) groups is 1. The lowest BCUT2D eigenvalue weighted by molar-refractivity contribution is 0.0746. The summed E-state index contributed by atoms with van der Waals surface area (Å²) in [7, 11) is 0. The van der Waals surface area contributed by atoms with Crippen molar-refractivity contribution in [2.75, 3.05) is 31.1 Å². The summed E-state index contributed by atoms with van der Waals surface area (Å²) in [6.45, 7) is 3.21. The van der Waals surface area contributed by atoms with Crippen LogP contribution in [0.4, 0.5) is 5.13 Å². The summed E-state index contributed by atoms with van der Waals surface area (Å²) in [4.78, 5) is 20.9. The summed E-state index contributed by atoms with van der Waals surface area (Å²) < 4.78 is 1.09. The lowest BCUT2D eigenvalue weighted by Gasteiger charge is -2.34. The third-order valence-electron chi connectivity index (χ3n) is 3.33. The second kappa shape index (κ2) is 6.09. The van der Waals surface area contributed by atoms with Gasteiger partial charge in [0, 0.05) is 46.9 Å². The number of amides is 1. The van der Waals surface area contributed by atoms with Crippen LogP contribution in [-0.4, -0.2) is 42.0 Å². The van der Waals surface area contributed by atoms with Crippen molar-refractivity contribution >= 4 is 45.0 Å². The van der Waals surface area contributed by atoms with Gasteiger partial charge in [0.1, 0.15) is 0 Å². The highest BCUT2D eigenvalue weighted by Gasteiger charge is 2.23. The van der Waals surface area contributed by atoms with Crippen molar-refractivity contribution in [3.05, 3.63) is 45.0 Å². The van der Waals surface area contributed by atoms with Crippen LogP contribution in [0.15, 0.2) is 35.8 Å². The summed E-state index contributed by atoms with van der Waals surface area (Å²) in [5.41, 5.74) is 0.777. The molecule has 1 aliphatic heterocycles. The second-order valence-electron chi connectivity index (χ2n) is 4.60. The quantitative estimate of drug-likeness (QED) is 0.729. The molecule has 2 heterocycles. The first-order valence-electron chi connectivity index (χ1n) is 6.43. The Hall–Kier alpha value is -1.15. The first-order valence-corrected chi connectivity index (χ1v) is 8.39. The van der Waals surface area contributed by atoms with Crippen LogP contribution in [-0.2, 0) is 0 Å². The summed E-state index contributed by atoms with van der Waals surface area (Å²) in [6, 6.07) is 7.76. The average molecular weight is 399 g/mol. The van der Waals surface area contributed by atoms with Gasteiger partial charge in [-0.3, -0.25) is 4.79 Å². The number of halogens is 1. The molecule has 6 heteroatoms. The monoisotopic (exact) mass is 399 g/mol. The summed E-state index contributed by atoms with van der Waals surface area (Å²) in [5.74, 6) is 0.127. The van der Waals surface area contributed by atoms with Crippen molar-refractivity contribution in [2.45, 2.75) is 0 Å². The highest BCUT2D eigenvalue weighted by molar-refractivity contribution is 14.1. The molecule has 1 saturated heterocycles. The van der Waals surface area contributed by atoms with Crippen molar-refractivity contribution in [3.63, 3.8) is 0 Å². The van der Waals surface area contributed by atoms with Crippen molar-refractivity contribution in [3.8, 4) is 0 Å². The van der Waals surface area contributed by atoms with E-state index >= 15 is 0 Å². The molecule has 1 aliphatic rings. The Labute approximate surface area is 135 Å². The molecule has 104 valence electrons. The molecule has 0 atom stereocenters. The van der Waals surface area contributed by atoms with E-state index in [4.69, 9.17) is 0 Å². The van der Waals surface area contributed by atoms with Gasteiger partial charge in [0.2, 0.25) is 0 Å². The molecule has 2 aromatic rings. The lowest BCUT2D eigenvalue weighted by atomic mass is 10.2. The van der Waals surface area contributed by atoms with E-state index in [1.807, 2.05) is 40.7 Å². The van der Waals surface area contributed by atoms with Gasteiger partial charge in [-0.15, -0.1) is 11.3 Å². The van der Waals surface area contributed by atoms with E-state index in [0.29, 0.717) is 0 Å². The number of thiazole rings is 1. The predicted octanol–water partition coefficient (Wildman–Crippen LogP) is 2.71.